The highest BCUT2D eigenvalue weighted by Gasteiger charge is 2.28. The molecule has 2 nitrogen and oxygen atoms in total. The second kappa shape index (κ2) is 3.82. The number of benzene rings is 1. The Balaban J connectivity index is 2.20. The summed E-state index contributed by atoms with van der Waals surface area (Å²) in [7, 11) is 0. The lowest BCUT2D eigenvalue weighted by Gasteiger charge is -2.34. The minimum atomic E-state index is -0.412. The molecule has 0 amide bonds. The molecule has 0 spiro atoms. The van der Waals surface area contributed by atoms with Crippen LogP contribution in [0.2, 0.25) is 5.02 Å². The van der Waals surface area contributed by atoms with E-state index in [2.05, 4.69) is 16.5 Å². The van der Waals surface area contributed by atoms with Gasteiger partial charge in [0.2, 0.25) is 0 Å². The van der Waals surface area contributed by atoms with E-state index in [9.17, 15) is 4.39 Å². The fourth-order valence-electron chi connectivity index (χ4n) is 2.55. The normalized spacial score (nSPS) is 23.9. The SMILES string of the molecule is CC1CC(n2c(=S)[nH]c3cc(F)c(Cl)cc32)C1. The summed E-state index contributed by atoms with van der Waals surface area (Å²) in [5.74, 6) is 0.326. The average Bonchev–Trinajstić information content (AvgIpc) is 2.51. The number of imidazole rings is 1. The molecule has 0 aliphatic heterocycles. The summed E-state index contributed by atoms with van der Waals surface area (Å²) in [4.78, 5) is 3.04. The van der Waals surface area contributed by atoms with Crippen molar-refractivity contribution < 1.29 is 4.39 Å². The lowest BCUT2D eigenvalue weighted by Crippen LogP contribution is -2.24. The molecule has 1 fully saturated rings. The van der Waals surface area contributed by atoms with Crippen molar-refractivity contribution in [2.24, 2.45) is 5.92 Å². The van der Waals surface area contributed by atoms with Crippen LogP contribution in [0.25, 0.3) is 11.0 Å². The Kier molecular flexibility index (Phi) is 2.52. The molecule has 1 heterocycles. The molecular formula is C12H12ClFN2S. The van der Waals surface area contributed by atoms with Crippen LogP contribution in [0.3, 0.4) is 0 Å². The van der Waals surface area contributed by atoms with Crippen LogP contribution in [0.5, 0.6) is 0 Å². The number of fused-ring (bicyclic) bond motifs is 1. The fraction of sp³-hybridized carbons (Fsp3) is 0.417. The average molecular weight is 271 g/mol. The topological polar surface area (TPSA) is 20.7 Å². The molecule has 2 aromatic rings. The monoisotopic (exact) mass is 270 g/mol. The predicted molar refractivity (Wildman–Crippen MR) is 69.5 cm³/mol. The molecule has 5 heteroatoms. The van der Waals surface area contributed by atoms with Gasteiger partial charge in [0.05, 0.1) is 16.1 Å². The molecule has 1 N–H and O–H groups in total. The van der Waals surface area contributed by atoms with Crippen LogP contribution >= 0.6 is 23.8 Å². The maximum absolute atomic E-state index is 13.4. The molecule has 1 aliphatic rings. The summed E-state index contributed by atoms with van der Waals surface area (Å²) in [6.07, 6.45) is 2.24. The zero-order chi connectivity index (χ0) is 12.2. The highest BCUT2D eigenvalue weighted by Crippen LogP contribution is 2.39. The van der Waals surface area contributed by atoms with E-state index in [1.54, 1.807) is 6.07 Å². The van der Waals surface area contributed by atoms with Gasteiger partial charge in [-0.1, -0.05) is 18.5 Å². The van der Waals surface area contributed by atoms with Crippen LogP contribution in [0.15, 0.2) is 12.1 Å². The second-order valence-corrected chi connectivity index (χ2v) is 5.61. The van der Waals surface area contributed by atoms with Crippen LogP contribution in [-0.4, -0.2) is 9.55 Å². The Hall–Kier alpha value is -0.870. The molecule has 0 radical (unpaired) electrons. The molecule has 1 aromatic heterocycles. The molecule has 0 unspecified atom stereocenters. The summed E-state index contributed by atoms with van der Waals surface area (Å²) in [5.41, 5.74) is 1.62. The summed E-state index contributed by atoms with van der Waals surface area (Å²) in [6.45, 7) is 2.22. The van der Waals surface area contributed by atoms with Gasteiger partial charge in [0.15, 0.2) is 4.77 Å². The molecule has 1 saturated carbocycles. The van der Waals surface area contributed by atoms with Crippen molar-refractivity contribution in [1.29, 1.82) is 0 Å². The number of rotatable bonds is 1. The van der Waals surface area contributed by atoms with E-state index in [4.69, 9.17) is 23.8 Å². The molecule has 1 aromatic carbocycles. The lowest BCUT2D eigenvalue weighted by molar-refractivity contribution is 0.219. The predicted octanol–water partition coefficient (Wildman–Crippen LogP) is 4.46. The number of hydrogen-bond donors (Lipinski definition) is 1. The van der Waals surface area contributed by atoms with Gasteiger partial charge in [-0.05, 0) is 37.0 Å². The third-order valence-corrected chi connectivity index (χ3v) is 4.06. The van der Waals surface area contributed by atoms with Crippen LogP contribution in [0, 0.1) is 16.5 Å². The van der Waals surface area contributed by atoms with E-state index in [1.165, 1.54) is 6.07 Å². The van der Waals surface area contributed by atoms with Crippen molar-refractivity contribution in [3.05, 3.63) is 27.7 Å². The van der Waals surface area contributed by atoms with E-state index in [0.717, 1.165) is 29.8 Å². The minimum Gasteiger partial charge on any atom is -0.330 e. The van der Waals surface area contributed by atoms with Crippen LogP contribution in [0.1, 0.15) is 25.8 Å². The first kappa shape index (κ1) is 11.2. The van der Waals surface area contributed by atoms with Gasteiger partial charge >= 0.3 is 0 Å². The Bertz CT molecular complexity index is 640. The van der Waals surface area contributed by atoms with E-state index in [-0.39, 0.29) is 5.02 Å². The van der Waals surface area contributed by atoms with E-state index in [1.807, 2.05) is 0 Å². The van der Waals surface area contributed by atoms with Crippen molar-refractivity contribution in [3.63, 3.8) is 0 Å². The molecule has 0 bridgehead atoms. The first-order valence-electron chi connectivity index (χ1n) is 5.65. The molecule has 90 valence electrons. The summed E-state index contributed by atoms with van der Waals surface area (Å²) >= 11 is 11.1. The van der Waals surface area contributed by atoms with Crippen molar-refractivity contribution in [2.75, 3.05) is 0 Å². The number of aromatic amines is 1. The number of aromatic nitrogens is 2. The van der Waals surface area contributed by atoms with Gasteiger partial charge in [-0.15, -0.1) is 0 Å². The number of halogens is 2. The Morgan fingerprint density at radius 3 is 2.82 bits per heavy atom. The molecule has 17 heavy (non-hydrogen) atoms. The Labute approximate surface area is 108 Å². The smallest absolute Gasteiger partial charge is 0.178 e. The Morgan fingerprint density at radius 2 is 2.18 bits per heavy atom. The summed E-state index contributed by atoms with van der Waals surface area (Å²) in [5, 5.41) is 0.146. The summed E-state index contributed by atoms with van der Waals surface area (Å²) in [6, 6.07) is 3.49. The second-order valence-electron chi connectivity index (χ2n) is 4.81. The number of H-pyrrole nitrogens is 1. The third-order valence-electron chi connectivity index (χ3n) is 3.47. The van der Waals surface area contributed by atoms with Gasteiger partial charge in [0.25, 0.3) is 0 Å². The maximum atomic E-state index is 13.4. The number of nitrogens with zero attached hydrogens (tertiary/aromatic N) is 1. The van der Waals surface area contributed by atoms with Crippen LogP contribution in [0.4, 0.5) is 4.39 Å². The maximum Gasteiger partial charge on any atom is 0.178 e. The first-order chi connectivity index (χ1) is 8.06. The van der Waals surface area contributed by atoms with Gasteiger partial charge < -0.3 is 9.55 Å². The highest BCUT2D eigenvalue weighted by molar-refractivity contribution is 7.71. The van der Waals surface area contributed by atoms with Crippen molar-refractivity contribution in [3.8, 4) is 0 Å². The van der Waals surface area contributed by atoms with Gasteiger partial charge in [-0.25, -0.2) is 4.39 Å². The largest absolute Gasteiger partial charge is 0.330 e. The van der Waals surface area contributed by atoms with Gasteiger partial charge in [0.1, 0.15) is 5.82 Å². The van der Waals surface area contributed by atoms with Crippen LogP contribution < -0.4 is 0 Å². The van der Waals surface area contributed by atoms with E-state index < -0.39 is 5.82 Å². The van der Waals surface area contributed by atoms with Gasteiger partial charge in [0, 0.05) is 12.1 Å². The van der Waals surface area contributed by atoms with Crippen molar-refractivity contribution >= 4 is 34.9 Å². The standard InChI is InChI=1S/C12H12ClFN2S/c1-6-2-7(3-6)16-11-4-8(13)9(14)5-10(11)15-12(16)17/h4-7H,2-3H2,1H3,(H,15,17). The highest BCUT2D eigenvalue weighted by atomic mass is 35.5. The number of hydrogen-bond acceptors (Lipinski definition) is 1. The molecule has 0 saturated heterocycles. The molecule has 3 rings (SSSR count). The molecular weight excluding hydrogens is 259 g/mol. The number of nitrogens with one attached hydrogen (secondary N) is 1. The fourth-order valence-corrected chi connectivity index (χ4v) is 3.07. The Morgan fingerprint density at radius 1 is 1.47 bits per heavy atom. The van der Waals surface area contributed by atoms with Crippen molar-refractivity contribution in [2.45, 2.75) is 25.8 Å². The summed E-state index contributed by atoms with van der Waals surface area (Å²) < 4.78 is 16.1. The first-order valence-corrected chi connectivity index (χ1v) is 6.44. The van der Waals surface area contributed by atoms with Gasteiger partial charge in [-0.3, -0.25) is 0 Å². The molecule has 1 aliphatic carbocycles. The lowest BCUT2D eigenvalue weighted by atomic mass is 9.81. The zero-order valence-electron chi connectivity index (χ0n) is 9.34. The zero-order valence-corrected chi connectivity index (χ0v) is 10.9. The van der Waals surface area contributed by atoms with Gasteiger partial charge in [-0.2, -0.15) is 0 Å². The minimum absolute atomic E-state index is 0.146. The van der Waals surface area contributed by atoms with E-state index in [0.29, 0.717) is 10.8 Å². The third kappa shape index (κ3) is 1.70. The quantitative estimate of drug-likeness (QED) is 0.759. The van der Waals surface area contributed by atoms with E-state index >= 15 is 0 Å². The van der Waals surface area contributed by atoms with Crippen LogP contribution in [-0.2, 0) is 0 Å². The molecule has 0 atom stereocenters. The van der Waals surface area contributed by atoms with Crippen molar-refractivity contribution in [1.82, 2.24) is 9.55 Å².